The molecule has 0 aromatic heterocycles. The van der Waals surface area contributed by atoms with E-state index in [1.165, 1.54) is 6.07 Å². The number of rotatable bonds is 6. The van der Waals surface area contributed by atoms with Crippen molar-refractivity contribution in [3.8, 4) is 0 Å². The van der Waals surface area contributed by atoms with Gasteiger partial charge in [0, 0.05) is 25.1 Å². The first-order valence-electron chi connectivity index (χ1n) is 7.14. The minimum Gasteiger partial charge on any atom is -0.378 e. The molecule has 0 atom stereocenters. The second-order valence-corrected chi connectivity index (χ2v) is 5.02. The molecule has 1 saturated heterocycles. The maximum absolute atomic E-state index is 11.9. The zero-order valence-electron chi connectivity index (χ0n) is 12.2. The number of piperidine rings is 1. The fourth-order valence-corrected chi connectivity index (χ4v) is 2.39. The van der Waals surface area contributed by atoms with Crippen molar-refractivity contribution in [1.29, 1.82) is 0 Å². The topological polar surface area (TPSA) is 96.3 Å². The van der Waals surface area contributed by atoms with Crippen molar-refractivity contribution in [2.24, 2.45) is 5.92 Å². The minimum absolute atomic E-state index is 0. The SMILES string of the molecule is Cl.O=C(NCCNc1ccccc1[N+](=O)[O-])C1CCNCC1. The number of carbonyl (C=O) groups excluding carboxylic acids is 1. The van der Waals surface area contributed by atoms with Crippen molar-refractivity contribution >= 4 is 29.7 Å². The molecule has 1 amide bonds. The molecule has 1 aliphatic rings. The summed E-state index contributed by atoms with van der Waals surface area (Å²) in [5.41, 5.74) is 0.515. The molecule has 2 rings (SSSR count). The van der Waals surface area contributed by atoms with Gasteiger partial charge in [0.05, 0.1) is 4.92 Å². The number of carbonyl (C=O) groups is 1. The first-order valence-corrected chi connectivity index (χ1v) is 7.14. The third-order valence-electron chi connectivity index (χ3n) is 3.55. The van der Waals surface area contributed by atoms with Gasteiger partial charge in [0.15, 0.2) is 0 Å². The summed E-state index contributed by atoms with van der Waals surface area (Å²) in [7, 11) is 0. The van der Waals surface area contributed by atoms with Crippen LogP contribution < -0.4 is 16.0 Å². The maximum Gasteiger partial charge on any atom is 0.292 e. The van der Waals surface area contributed by atoms with Crippen LogP contribution in [0.1, 0.15) is 12.8 Å². The van der Waals surface area contributed by atoms with E-state index in [0.29, 0.717) is 18.8 Å². The molecule has 0 unspecified atom stereocenters. The summed E-state index contributed by atoms with van der Waals surface area (Å²) >= 11 is 0. The zero-order chi connectivity index (χ0) is 15.1. The lowest BCUT2D eigenvalue weighted by Gasteiger charge is -2.21. The monoisotopic (exact) mass is 328 g/mol. The largest absolute Gasteiger partial charge is 0.378 e. The predicted molar refractivity (Wildman–Crippen MR) is 87.4 cm³/mol. The van der Waals surface area contributed by atoms with Crippen molar-refractivity contribution in [2.75, 3.05) is 31.5 Å². The van der Waals surface area contributed by atoms with E-state index in [1.54, 1.807) is 18.2 Å². The summed E-state index contributed by atoms with van der Waals surface area (Å²) in [6.45, 7) is 2.68. The summed E-state index contributed by atoms with van der Waals surface area (Å²) in [5, 5.41) is 19.9. The zero-order valence-corrected chi connectivity index (χ0v) is 13.0. The molecule has 122 valence electrons. The van der Waals surface area contributed by atoms with Gasteiger partial charge in [-0.15, -0.1) is 12.4 Å². The first kappa shape index (κ1) is 18.2. The molecule has 0 saturated carbocycles. The van der Waals surface area contributed by atoms with Crippen molar-refractivity contribution in [2.45, 2.75) is 12.8 Å². The predicted octanol–water partition coefficient (Wildman–Crippen LogP) is 1.54. The number of benzene rings is 1. The molecule has 8 heteroatoms. The first-order chi connectivity index (χ1) is 10.2. The van der Waals surface area contributed by atoms with Crippen LogP contribution in [0.2, 0.25) is 0 Å². The summed E-state index contributed by atoms with van der Waals surface area (Å²) in [4.78, 5) is 22.3. The Morgan fingerprint density at radius 2 is 1.95 bits per heavy atom. The Kier molecular flexibility index (Phi) is 7.62. The summed E-state index contributed by atoms with van der Waals surface area (Å²) in [6, 6.07) is 6.48. The normalized spacial score (nSPS) is 14.7. The van der Waals surface area contributed by atoms with Crippen LogP contribution in [-0.4, -0.2) is 37.0 Å². The van der Waals surface area contributed by atoms with Crippen LogP contribution in [0.15, 0.2) is 24.3 Å². The molecule has 1 aromatic rings. The van der Waals surface area contributed by atoms with Crippen molar-refractivity contribution in [3.05, 3.63) is 34.4 Å². The molecule has 7 nitrogen and oxygen atoms in total. The van der Waals surface area contributed by atoms with Crippen molar-refractivity contribution < 1.29 is 9.72 Å². The summed E-state index contributed by atoms with van der Waals surface area (Å²) < 4.78 is 0. The fraction of sp³-hybridized carbons (Fsp3) is 0.500. The maximum atomic E-state index is 11.9. The van der Waals surface area contributed by atoms with Gasteiger partial charge in [0.2, 0.25) is 5.91 Å². The number of para-hydroxylation sites is 2. The third kappa shape index (κ3) is 5.16. The molecule has 0 spiro atoms. The highest BCUT2D eigenvalue weighted by atomic mass is 35.5. The average molecular weight is 329 g/mol. The molecular weight excluding hydrogens is 308 g/mol. The molecule has 22 heavy (non-hydrogen) atoms. The number of hydrogen-bond donors (Lipinski definition) is 3. The lowest BCUT2D eigenvalue weighted by atomic mass is 9.97. The molecule has 0 bridgehead atoms. The van der Waals surface area contributed by atoms with Crippen LogP contribution in [0.4, 0.5) is 11.4 Å². The Morgan fingerprint density at radius 3 is 2.64 bits per heavy atom. The highest BCUT2D eigenvalue weighted by molar-refractivity contribution is 5.85. The van der Waals surface area contributed by atoms with Gasteiger partial charge in [0.1, 0.15) is 5.69 Å². The van der Waals surface area contributed by atoms with E-state index >= 15 is 0 Å². The van der Waals surface area contributed by atoms with Gasteiger partial charge < -0.3 is 16.0 Å². The van der Waals surface area contributed by atoms with Gasteiger partial charge in [0.25, 0.3) is 5.69 Å². The lowest BCUT2D eigenvalue weighted by Crippen LogP contribution is -2.39. The fourth-order valence-electron chi connectivity index (χ4n) is 2.39. The average Bonchev–Trinajstić information content (AvgIpc) is 2.52. The molecule has 1 fully saturated rings. The number of nitrogens with zero attached hydrogens (tertiary/aromatic N) is 1. The molecule has 0 radical (unpaired) electrons. The van der Waals surface area contributed by atoms with Crippen molar-refractivity contribution in [1.82, 2.24) is 10.6 Å². The number of nitrogens with one attached hydrogen (secondary N) is 3. The Labute approximate surface area is 135 Å². The molecule has 1 aliphatic heterocycles. The van der Waals surface area contributed by atoms with Crippen LogP contribution in [0.3, 0.4) is 0 Å². The smallest absolute Gasteiger partial charge is 0.292 e. The van der Waals surface area contributed by atoms with Gasteiger partial charge in [-0.2, -0.15) is 0 Å². The number of amides is 1. The Morgan fingerprint density at radius 1 is 1.27 bits per heavy atom. The van der Waals surface area contributed by atoms with E-state index in [9.17, 15) is 14.9 Å². The van der Waals surface area contributed by atoms with E-state index in [-0.39, 0.29) is 29.9 Å². The molecule has 1 aromatic carbocycles. The van der Waals surface area contributed by atoms with E-state index in [1.807, 2.05) is 0 Å². The number of nitro groups is 1. The number of halogens is 1. The van der Waals surface area contributed by atoms with E-state index in [0.717, 1.165) is 25.9 Å². The van der Waals surface area contributed by atoms with Crippen molar-refractivity contribution in [3.63, 3.8) is 0 Å². The van der Waals surface area contributed by atoms with Gasteiger partial charge in [-0.1, -0.05) is 12.1 Å². The van der Waals surface area contributed by atoms with E-state index < -0.39 is 4.92 Å². The molecule has 1 heterocycles. The number of anilines is 1. The highest BCUT2D eigenvalue weighted by Crippen LogP contribution is 2.22. The quantitative estimate of drug-likeness (QED) is 0.418. The Hall–Kier alpha value is -1.86. The Balaban J connectivity index is 0.00000242. The van der Waals surface area contributed by atoms with Crippen LogP contribution in [0.5, 0.6) is 0 Å². The summed E-state index contributed by atoms with van der Waals surface area (Å²) in [6.07, 6.45) is 1.73. The van der Waals surface area contributed by atoms with Gasteiger partial charge in [-0.05, 0) is 32.0 Å². The second-order valence-electron chi connectivity index (χ2n) is 5.02. The lowest BCUT2D eigenvalue weighted by molar-refractivity contribution is -0.384. The second kappa shape index (κ2) is 9.22. The standard InChI is InChI=1S/C14H20N4O3.ClH/c19-14(11-5-7-15-8-6-11)17-10-9-16-12-3-1-2-4-13(12)18(20)21;/h1-4,11,15-16H,5-10H2,(H,17,19);1H. The van der Waals surface area contributed by atoms with Crippen LogP contribution in [0.25, 0.3) is 0 Å². The number of hydrogen-bond acceptors (Lipinski definition) is 5. The van der Waals surface area contributed by atoms with E-state index in [2.05, 4.69) is 16.0 Å². The van der Waals surface area contributed by atoms with Gasteiger partial charge >= 0.3 is 0 Å². The summed E-state index contributed by atoms with van der Waals surface area (Å²) in [5.74, 6) is 0.151. The molecule has 3 N–H and O–H groups in total. The van der Waals surface area contributed by atoms with E-state index in [4.69, 9.17) is 0 Å². The van der Waals surface area contributed by atoms with Crippen LogP contribution >= 0.6 is 12.4 Å². The molecular formula is C14H21ClN4O3. The minimum atomic E-state index is -0.421. The third-order valence-corrected chi connectivity index (χ3v) is 3.55. The highest BCUT2D eigenvalue weighted by Gasteiger charge is 2.20. The Bertz CT molecular complexity index is 507. The number of nitro benzene ring substituents is 1. The van der Waals surface area contributed by atoms with Gasteiger partial charge in [-0.3, -0.25) is 14.9 Å². The van der Waals surface area contributed by atoms with Crippen LogP contribution in [-0.2, 0) is 4.79 Å². The molecule has 0 aliphatic carbocycles. The van der Waals surface area contributed by atoms with Gasteiger partial charge in [-0.25, -0.2) is 0 Å². The van der Waals surface area contributed by atoms with Crippen LogP contribution in [0, 0.1) is 16.0 Å².